The maximum Gasteiger partial charge on any atom is 0.573 e. The minimum absolute atomic E-state index is 0.127. The standard InChI is InChI=1S/C17H11F3N2O3S2/c18-17(19,20)25-10-4-1-8(2-5-10)22-15(24)13-11-6-3-9(23)7-12(11)27-14(13)21-16(22)26/h1-2,4-5H,3,6-7H2,(H,21,26). The molecule has 5 nitrogen and oxygen atoms in total. The molecule has 10 heteroatoms. The molecule has 4 rings (SSSR count). The molecule has 0 amide bonds. The molecule has 0 atom stereocenters. The van der Waals surface area contributed by atoms with Crippen LogP contribution in [-0.2, 0) is 17.6 Å². The molecule has 0 unspecified atom stereocenters. The summed E-state index contributed by atoms with van der Waals surface area (Å²) in [4.78, 5) is 29.2. The maximum atomic E-state index is 13.1. The van der Waals surface area contributed by atoms with E-state index < -0.39 is 6.36 Å². The lowest BCUT2D eigenvalue weighted by molar-refractivity contribution is -0.274. The van der Waals surface area contributed by atoms with Gasteiger partial charge in [0.05, 0.1) is 11.1 Å². The van der Waals surface area contributed by atoms with E-state index in [-0.39, 0.29) is 21.9 Å². The largest absolute Gasteiger partial charge is 0.573 e. The number of hydrogen-bond acceptors (Lipinski definition) is 5. The number of ether oxygens (including phenoxy) is 1. The summed E-state index contributed by atoms with van der Waals surface area (Å²) in [7, 11) is 0. The Morgan fingerprint density at radius 3 is 2.52 bits per heavy atom. The molecular weight excluding hydrogens is 401 g/mol. The van der Waals surface area contributed by atoms with Gasteiger partial charge in [-0.05, 0) is 48.5 Å². The molecule has 1 N–H and O–H groups in total. The molecule has 1 aromatic carbocycles. The van der Waals surface area contributed by atoms with E-state index in [2.05, 4.69) is 9.72 Å². The second kappa shape index (κ2) is 6.31. The van der Waals surface area contributed by atoms with Gasteiger partial charge in [0, 0.05) is 17.7 Å². The number of benzene rings is 1. The van der Waals surface area contributed by atoms with Gasteiger partial charge >= 0.3 is 6.36 Å². The fourth-order valence-electron chi connectivity index (χ4n) is 3.15. The van der Waals surface area contributed by atoms with Crippen LogP contribution in [0.25, 0.3) is 15.9 Å². The van der Waals surface area contributed by atoms with E-state index in [1.54, 1.807) is 0 Å². The molecule has 2 heterocycles. The number of aromatic nitrogens is 2. The maximum absolute atomic E-state index is 13.1. The van der Waals surface area contributed by atoms with Crippen LogP contribution in [0.5, 0.6) is 5.75 Å². The Kier molecular flexibility index (Phi) is 4.19. The van der Waals surface area contributed by atoms with Gasteiger partial charge in [0.15, 0.2) is 4.77 Å². The zero-order chi connectivity index (χ0) is 19.3. The van der Waals surface area contributed by atoms with Crippen molar-refractivity contribution < 1.29 is 22.7 Å². The first-order chi connectivity index (χ1) is 12.7. The van der Waals surface area contributed by atoms with Crippen molar-refractivity contribution in [3.8, 4) is 11.4 Å². The SMILES string of the molecule is O=C1CCc2c(sc3[nH]c(=S)n(-c4ccc(OC(F)(F)F)cc4)c(=O)c23)C1. The van der Waals surface area contributed by atoms with Gasteiger partial charge in [-0.15, -0.1) is 24.5 Å². The Labute approximate surface area is 159 Å². The van der Waals surface area contributed by atoms with E-state index in [0.29, 0.717) is 35.2 Å². The van der Waals surface area contributed by atoms with Crippen molar-refractivity contribution in [3.05, 3.63) is 49.8 Å². The summed E-state index contributed by atoms with van der Waals surface area (Å²) >= 11 is 6.61. The number of aromatic amines is 1. The molecule has 0 saturated carbocycles. The molecule has 140 valence electrons. The Bertz CT molecular complexity index is 1170. The average Bonchev–Trinajstić information content (AvgIpc) is 2.92. The number of nitrogens with one attached hydrogen (secondary N) is 1. The first kappa shape index (κ1) is 17.9. The lowest BCUT2D eigenvalue weighted by Gasteiger charge is -2.11. The molecular formula is C17H11F3N2O3S2. The highest BCUT2D eigenvalue weighted by molar-refractivity contribution is 7.71. The van der Waals surface area contributed by atoms with Crippen molar-refractivity contribution in [1.29, 1.82) is 0 Å². The molecule has 27 heavy (non-hydrogen) atoms. The van der Waals surface area contributed by atoms with Crippen LogP contribution >= 0.6 is 23.6 Å². The van der Waals surface area contributed by atoms with Gasteiger partial charge in [0.1, 0.15) is 16.4 Å². The number of ketones is 1. The summed E-state index contributed by atoms with van der Waals surface area (Å²) in [5.74, 6) is -0.255. The van der Waals surface area contributed by atoms with Gasteiger partial charge < -0.3 is 9.72 Å². The molecule has 0 spiro atoms. The Morgan fingerprint density at radius 2 is 1.85 bits per heavy atom. The summed E-state index contributed by atoms with van der Waals surface area (Å²) < 4.78 is 42.1. The smallest absolute Gasteiger partial charge is 0.406 e. The van der Waals surface area contributed by atoms with Crippen LogP contribution in [0.1, 0.15) is 16.9 Å². The third-order valence-corrected chi connectivity index (χ3v) is 5.70. The number of hydrogen-bond donors (Lipinski definition) is 1. The molecule has 2 aromatic heterocycles. The first-order valence-electron chi connectivity index (χ1n) is 7.90. The summed E-state index contributed by atoms with van der Waals surface area (Å²) in [5.41, 5.74) is 0.811. The van der Waals surface area contributed by atoms with E-state index in [0.717, 1.165) is 22.6 Å². The lowest BCUT2D eigenvalue weighted by atomic mass is 9.96. The molecule has 0 saturated heterocycles. The van der Waals surface area contributed by atoms with E-state index in [1.807, 2.05) is 0 Å². The number of aryl methyl sites for hydroxylation is 1. The van der Waals surface area contributed by atoms with Crippen LogP contribution in [0.4, 0.5) is 13.2 Å². The fourth-order valence-corrected chi connectivity index (χ4v) is 4.78. The normalized spacial score (nSPS) is 14.4. The predicted molar refractivity (Wildman–Crippen MR) is 96.3 cm³/mol. The van der Waals surface area contributed by atoms with E-state index >= 15 is 0 Å². The highest BCUT2D eigenvalue weighted by Gasteiger charge is 2.31. The van der Waals surface area contributed by atoms with Crippen molar-refractivity contribution in [2.24, 2.45) is 0 Å². The average molecular weight is 412 g/mol. The second-order valence-electron chi connectivity index (χ2n) is 6.04. The van der Waals surface area contributed by atoms with E-state index in [9.17, 15) is 22.8 Å². The number of carbonyl (C=O) groups is 1. The summed E-state index contributed by atoms with van der Waals surface area (Å²) in [6.07, 6.45) is -3.61. The van der Waals surface area contributed by atoms with Crippen LogP contribution in [-0.4, -0.2) is 21.7 Å². The lowest BCUT2D eigenvalue weighted by Crippen LogP contribution is -2.22. The van der Waals surface area contributed by atoms with Crippen molar-refractivity contribution >= 4 is 39.6 Å². The van der Waals surface area contributed by atoms with Crippen molar-refractivity contribution in [2.45, 2.75) is 25.6 Å². The Hall–Kier alpha value is -2.46. The number of H-pyrrole nitrogens is 1. The third-order valence-electron chi connectivity index (χ3n) is 4.27. The summed E-state index contributed by atoms with van der Waals surface area (Å²) in [5, 5.41) is 0.478. The third kappa shape index (κ3) is 3.30. The number of nitrogens with zero attached hydrogens (tertiary/aromatic N) is 1. The fraction of sp³-hybridized carbons (Fsp3) is 0.235. The molecule has 0 bridgehead atoms. The summed E-state index contributed by atoms with van der Waals surface area (Å²) in [6.45, 7) is 0. The van der Waals surface area contributed by atoms with Crippen LogP contribution in [0.15, 0.2) is 29.1 Å². The van der Waals surface area contributed by atoms with Gasteiger partial charge in [-0.2, -0.15) is 0 Å². The van der Waals surface area contributed by atoms with E-state index in [1.165, 1.54) is 28.0 Å². The molecule has 1 aliphatic carbocycles. The van der Waals surface area contributed by atoms with Gasteiger partial charge in [0.25, 0.3) is 5.56 Å². The van der Waals surface area contributed by atoms with E-state index in [4.69, 9.17) is 12.2 Å². The minimum Gasteiger partial charge on any atom is -0.406 e. The van der Waals surface area contributed by atoms with Gasteiger partial charge in [-0.1, -0.05) is 0 Å². The van der Waals surface area contributed by atoms with Crippen LogP contribution in [0, 0.1) is 4.77 Å². The number of thiophene rings is 1. The first-order valence-corrected chi connectivity index (χ1v) is 9.13. The van der Waals surface area contributed by atoms with Crippen molar-refractivity contribution in [3.63, 3.8) is 0 Å². The number of fused-ring (bicyclic) bond motifs is 3. The quantitative estimate of drug-likeness (QED) is 0.645. The zero-order valence-electron chi connectivity index (χ0n) is 13.6. The minimum atomic E-state index is -4.79. The highest BCUT2D eigenvalue weighted by Crippen LogP contribution is 2.33. The van der Waals surface area contributed by atoms with Gasteiger partial charge in [-0.25, -0.2) is 0 Å². The molecule has 0 radical (unpaired) electrons. The summed E-state index contributed by atoms with van der Waals surface area (Å²) in [6, 6.07) is 4.91. The molecule has 0 aliphatic heterocycles. The van der Waals surface area contributed by atoms with Crippen LogP contribution in [0.3, 0.4) is 0 Å². The van der Waals surface area contributed by atoms with Gasteiger partial charge in [0.2, 0.25) is 0 Å². The number of rotatable bonds is 2. The van der Waals surface area contributed by atoms with Crippen LogP contribution in [0.2, 0.25) is 0 Å². The Balaban J connectivity index is 1.84. The number of alkyl halides is 3. The molecule has 3 aromatic rings. The number of carbonyl (C=O) groups excluding carboxylic acids is 1. The highest BCUT2D eigenvalue weighted by atomic mass is 32.1. The monoisotopic (exact) mass is 412 g/mol. The van der Waals surface area contributed by atoms with Crippen molar-refractivity contribution in [1.82, 2.24) is 9.55 Å². The number of Topliss-reactive ketones (excluding diaryl/α,β-unsaturated/α-hetero) is 1. The Morgan fingerprint density at radius 1 is 1.15 bits per heavy atom. The second-order valence-corrected chi connectivity index (χ2v) is 7.53. The van der Waals surface area contributed by atoms with Crippen molar-refractivity contribution in [2.75, 3.05) is 0 Å². The molecule has 0 fully saturated rings. The van der Waals surface area contributed by atoms with Gasteiger partial charge in [-0.3, -0.25) is 14.2 Å². The number of halogens is 3. The predicted octanol–water partition coefficient (Wildman–Crippen LogP) is 4.07. The zero-order valence-corrected chi connectivity index (χ0v) is 15.2. The molecule has 1 aliphatic rings. The van der Waals surface area contributed by atoms with Crippen LogP contribution < -0.4 is 10.3 Å². The topological polar surface area (TPSA) is 64.1 Å².